The van der Waals surface area contributed by atoms with Gasteiger partial charge in [0.25, 0.3) is 0 Å². The molecule has 0 bridgehead atoms. The molecular weight excluding hydrogens is 430 g/mol. The maximum absolute atomic E-state index is 12.5. The summed E-state index contributed by atoms with van der Waals surface area (Å²) in [6.07, 6.45) is 4.71. The largest absolute Gasteiger partial charge is 0.389 e. The Labute approximate surface area is 193 Å². The summed E-state index contributed by atoms with van der Waals surface area (Å²) in [5, 5.41) is 13.9. The molecule has 2 aliphatic heterocycles. The second-order valence-electron chi connectivity index (χ2n) is 8.49. The molecule has 2 aliphatic rings. The number of amides is 1. The lowest BCUT2D eigenvalue weighted by molar-refractivity contribution is -0.158. The molecule has 2 fully saturated rings. The van der Waals surface area contributed by atoms with Gasteiger partial charge >= 0.3 is 0 Å². The number of pyridine rings is 1. The Hall–Kier alpha value is -2.03. The molecule has 32 heavy (non-hydrogen) atoms. The van der Waals surface area contributed by atoms with Gasteiger partial charge in [-0.1, -0.05) is 29.8 Å². The number of aromatic nitrogens is 1. The molecule has 4 atom stereocenters. The quantitative estimate of drug-likeness (QED) is 0.690. The van der Waals surface area contributed by atoms with E-state index in [1.807, 2.05) is 36.4 Å². The van der Waals surface area contributed by atoms with Crippen LogP contribution in [0.25, 0.3) is 0 Å². The van der Waals surface area contributed by atoms with Crippen LogP contribution >= 0.6 is 11.6 Å². The first-order chi connectivity index (χ1) is 15.6. The number of β-amino-alcohol motifs (C(OH)–C–C–N with tert-alkyl or cyclic N) is 1. The molecule has 0 spiro atoms. The highest BCUT2D eigenvalue weighted by Gasteiger charge is 2.38. The molecule has 2 saturated heterocycles. The zero-order valence-corrected chi connectivity index (χ0v) is 18.8. The Morgan fingerprint density at radius 2 is 2.00 bits per heavy atom. The van der Waals surface area contributed by atoms with Crippen molar-refractivity contribution >= 4 is 17.5 Å². The normalized spacial score (nSPS) is 26.6. The van der Waals surface area contributed by atoms with E-state index in [4.69, 9.17) is 21.1 Å². The number of nitrogens with one attached hydrogen (secondary N) is 1. The Morgan fingerprint density at radius 3 is 2.81 bits per heavy atom. The number of aliphatic hydroxyl groups is 1. The van der Waals surface area contributed by atoms with Crippen molar-refractivity contribution in [2.24, 2.45) is 0 Å². The van der Waals surface area contributed by atoms with E-state index in [0.717, 1.165) is 24.0 Å². The summed E-state index contributed by atoms with van der Waals surface area (Å²) in [5.41, 5.74) is 2.04. The van der Waals surface area contributed by atoms with Gasteiger partial charge in [0.15, 0.2) is 0 Å². The maximum Gasteiger partial charge on any atom is 0.222 e. The van der Waals surface area contributed by atoms with Crippen molar-refractivity contribution in [2.75, 3.05) is 19.8 Å². The number of carbonyl (C=O) groups is 1. The lowest BCUT2D eigenvalue weighted by Crippen LogP contribution is -2.55. The standard InChI is InChI=1S/C24H30ClN3O4/c25-21-4-2-1-3-18(21)12-27-24(30)11-20-5-6-22-23(32-20)16-31-15-19(29)14-28(22)13-17-7-9-26-10-8-17/h1-4,7-10,19-20,22-23,29H,5-6,11-16H2,(H,27,30)/t19-,20+,22+,23-/m1/s1. The van der Waals surface area contributed by atoms with Gasteiger partial charge in [0.05, 0.1) is 37.9 Å². The number of benzene rings is 1. The lowest BCUT2D eigenvalue weighted by Gasteiger charge is -2.44. The van der Waals surface area contributed by atoms with Crippen molar-refractivity contribution < 1.29 is 19.4 Å². The van der Waals surface area contributed by atoms with Crippen molar-refractivity contribution in [3.05, 3.63) is 64.9 Å². The number of carbonyl (C=O) groups excluding carboxylic acids is 1. The number of hydrogen-bond donors (Lipinski definition) is 2. The summed E-state index contributed by atoms with van der Waals surface area (Å²) in [6.45, 7) is 2.33. The highest BCUT2D eigenvalue weighted by Crippen LogP contribution is 2.28. The van der Waals surface area contributed by atoms with Gasteiger partial charge in [-0.15, -0.1) is 0 Å². The molecule has 0 unspecified atom stereocenters. The topological polar surface area (TPSA) is 83.9 Å². The average molecular weight is 460 g/mol. The molecule has 8 heteroatoms. The number of ether oxygens (including phenoxy) is 2. The summed E-state index contributed by atoms with van der Waals surface area (Å²) in [7, 11) is 0. The van der Waals surface area contributed by atoms with Crippen molar-refractivity contribution in [3.63, 3.8) is 0 Å². The molecule has 1 amide bonds. The van der Waals surface area contributed by atoms with Gasteiger partial charge in [-0.3, -0.25) is 14.7 Å². The van der Waals surface area contributed by atoms with Crippen LogP contribution in [0.4, 0.5) is 0 Å². The van der Waals surface area contributed by atoms with E-state index < -0.39 is 6.10 Å². The molecule has 172 valence electrons. The van der Waals surface area contributed by atoms with Gasteiger partial charge in [0.1, 0.15) is 0 Å². The van der Waals surface area contributed by atoms with Gasteiger partial charge in [0, 0.05) is 43.1 Å². The first kappa shape index (κ1) is 23.1. The second-order valence-corrected chi connectivity index (χ2v) is 8.90. The predicted molar refractivity (Wildman–Crippen MR) is 121 cm³/mol. The first-order valence-corrected chi connectivity index (χ1v) is 11.5. The predicted octanol–water partition coefficient (Wildman–Crippen LogP) is 2.55. The minimum atomic E-state index is -0.536. The smallest absolute Gasteiger partial charge is 0.222 e. The number of halogens is 1. The van der Waals surface area contributed by atoms with E-state index in [0.29, 0.717) is 37.7 Å². The fraction of sp³-hybridized carbons (Fsp3) is 0.500. The van der Waals surface area contributed by atoms with Gasteiger partial charge < -0.3 is 19.9 Å². The summed E-state index contributed by atoms with van der Waals surface area (Å²) in [6, 6.07) is 11.6. The minimum Gasteiger partial charge on any atom is -0.389 e. The van der Waals surface area contributed by atoms with Crippen LogP contribution in [0.2, 0.25) is 5.02 Å². The van der Waals surface area contributed by atoms with Gasteiger partial charge in [-0.2, -0.15) is 0 Å². The highest BCUT2D eigenvalue weighted by molar-refractivity contribution is 6.31. The third-order valence-corrected chi connectivity index (χ3v) is 6.44. The van der Waals surface area contributed by atoms with Crippen LogP contribution in [0, 0.1) is 0 Å². The molecule has 2 N–H and O–H groups in total. The monoisotopic (exact) mass is 459 g/mol. The van der Waals surface area contributed by atoms with E-state index in [-0.39, 0.29) is 30.8 Å². The molecule has 1 aromatic carbocycles. The third kappa shape index (κ3) is 6.27. The Morgan fingerprint density at radius 1 is 1.19 bits per heavy atom. The van der Waals surface area contributed by atoms with Crippen molar-refractivity contribution in [1.82, 2.24) is 15.2 Å². The van der Waals surface area contributed by atoms with E-state index in [1.165, 1.54) is 0 Å². The molecule has 7 nitrogen and oxygen atoms in total. The van der Waals surface area contributed by atoms with E-state index in [2.05, 4.69) is 15.2 Å². The second kappa shape index (κ2) is 11.2. The molecule has 2 aromatic rings. The number of rotatable bonds is 6. The van der Waals surface area contributed by atoms with Crippen LogP contribution in [0.1, 0.15) is 30.4 Å². The Kier molecular flexibility index (Phi) is 8.10. The van der Waals surface area contributed by atoms with Gasteiger partial charge in [-0.25, -0.2) is 0 Å². The van der Waals surface area contributed by atoms with Crippen LogP contribution in [0.3, 0.4) is 0 Å². The van der Waals surface area contributed by atoms with Gasteiger partial charge in [0.2, 0.25) is 5.91 Å². The van der Waals surface area contributed by atoms with Crippen LogP contribution < -0.4 is 5.32 Å². The molecule has 4 rings (SSSR count). The van der Waals surface area contributed by atoms with E-state index >= 15 is 0 Å². The van der Waals surface area contributed by atoms with Gasteiger partial charge in [-0.05, 0) is 42.2 Å². The summed E-state index contributed by atoms with van der Waals surface area (Å²) >= 11 is 6.17. The zero-order chi connectivity index (χ0) is 22.3. The van der Waals surface area contributed by atoms with Crippen LogP contribution in [-0.4, -0.2) is 65.0 Å². The fourth-order valence-electron chi connectivity index (χ4n) is 4.46. The molecule has 1 aromatic heterocycles. The zero-order valence-electron chi connectivity index (χ0n) is 18.0. The molecule has 0 aliphatic carbocycles. The number of nitrogens with zero attached hydrogens (tertiary/aromatic N) is 2. The van der Waals surface area contributed by atoms with Crippen molar-refractivity contribution in [2.45, 2.75) is 56.7 Å². The third-order valence-electron chi connectivity index (χ3n) is 6.07. The average Bonchev–Trinajstić information content (AvgIpc) is 2.78. The lowest BCUT2D eigenvalue weighted by atomic mass is 9.94. The molecule has 3 heterocycles. The number of fused-ring (bicyclic) bond motifs is 1. The van der Waals surface area contributed by atoms with Crippen LogP contribution in [0.15, 0.2) is 48.8 Å². The first-order valence-electron chi connectivity index (χ1n) is 11.1. The molecule has 0 saturated carbocycles. The van der Waals surface area contributed by atoms with Crippen LogP contribution in [-0.2, 0) is 27.4 Å². The fourth-order valence-corrected chi connectivity index (χ4v) is 4.67. The summed E-state index contributed by atoms with van der Waals surface area (Å²) < 4.78 is 12.0. The van der Waals surface area contributed by atoms with Crippen molar-refractivity contribution in [1.29, 1.82) is 0 Å². The summed E-state index contributed by atoms with van der Waals surface area (Å²) in [4.78, 5) is 18.9. The molecular formula is C24H30ClN3O4. The van der Waals surface area contributed by atoms with Crippen LogP contribution in [0.5, 0.6) is 0 Å². The maximum atomic E-state index is 12.5. The SMILES string of the molecule is O=C(C[C@@H]1CC[C@H]2[C@@H](COC[C@H](O)CN2Cc2ccncc2)O1)NCc1ccccc1Cl. The minimum absolute atomic E-state index is 0.0517. The van der Waals surface area contributed by atoms with Crippen molar-refractivity contribution in [3.8, 4) is 0 Å². The highest BCUT2D eigenvalue weighted by atomic mass is 35.5. The number of hydrogen-bond acceptors (Lipinski definition) is 6. The Bertz CT molecular complexity index is 885. The summed E-state index contributed by atoms with van der Waals surface area (Å²) in [5.74, 6) is -0.0517. The molecule has 0 radical (unpaired) electrons. The Balaban J connectivity index is 1.34. The van der Waals surface area contributed by atoms with E-state index in [9.17, 15) is 9.90 Å². The van der Waals surface area contributed by atoms with E-state index in [1.54, 1.807) is 12.4 Å². The number of aliphatic hydroxyl groups excluding tert-OH is 1.